The predicted octanol–water partition coefficient (Wildman–Crippen LogP) is 2.53. The maximum atomic E-state index is 13.3. The second-order valence-corrected chi connectivity index (χ2v) is 9.61. The number of halogens is 1. The van der Waals surface area contributed by atoms with E-state index in [9.17, 15) is 22.4 Å². The van der Waals surface area contributed by atoms with Crippen LogP contribution in [0.4, 0.5) is 4.39 Å². The molecular weight excluding hydrogens is 433 g/mol. The van der Waals surface area contributed by atoms with Gasteiger partial charge in [-0.25, -0.2) is 12.8 Å². The van der Waals surface area contributed by atoms with Crippen molar-refractivity contribution in [3.8, 4) is 0 Å². The maximum Gasteiger partial charge on any atom is 0.242 e. The van der Waals surface area contributed by atoms with Crippen molar-refractivity contribution in [2.24, 2.45) is 0 Å². The lowest BCUT2D eigenvalue weighted by Crippen LogP contribution is -2.51. The molecule has 2 aromatic carbocycles. The van der Waals surface area contributed by atoms with Crippen LogP contribution in [0.3, 0.4) is 0 Å². The molecule has 0 radical (unpaired) electrons. The molecule has 0 fully saturated rings. The van der Waals surface area contributed by atoms with E-state index in [0.29, 0.717) is 12.1 Å². The number of carbonyl (C=O) groups is 2. The van der Waals surface area contributed by atoms with Crippen molar-refractivity contribution in [2.75, 3.05) is 19.3 Å². The molecule has 0 heterocycles. The standard InChI is InChI=1S/C23H30FN3O4S/c1-4-14-25-23(29)18(2)27(16-20-10-12-21(24)13-11-20)22(28)17-26(32(3,30)31)15-19-8-6-5-7-9-19/h5-13,18H,4,14-17H2,1-3H3,(H,25,29). The summed E-state index contributed by atoms with van der Waals surface area (Å²) in [5.74, 6) is -1.27. The summed E-state index contributed by atoms with van der Waals surface area (Å²) in [7, 11) is -3.69. The number of hydrogen-bond acceptors (Lipinski definition) is 4. The second-order valence-electron chi connectivity index (χ2n) is 7.63. The van der Waals surface area contributed by atoms with E-state index in [0.717, 1.165) is 22.5 Å². The number of hydrogen-bond donors (Lipinski definition) is 1. The molecule has 0 aromatic heterocycles. The second kappa shape index (κ2) is 11.7. The van der Waals surface area contributed by atoms with Gasteiger partial charge in [-0.15, -0.1) is 0 Å². The fourth-order valence-corrected chi connectivity index (χ4v) is 3.81. The van der Waals surface area contributed by atoms with Crippen LogP contribution in [0.2, 0.25) is 0 Å². The summed E-state index contributed by atoms with van der Waals surface area (Å²) in [5, 5.41) is 2.76. The molecule has 0 aliphatic carbocycles. The van der Waals surface area contributed by atoms with Gasteiger partial charge in [0.25, 0.3) is 0 Å². The molecule has 1 unspecified atom stereocenters. The Kier molecular flexibility index (Phi) is 9.34. The molecule has 1 atom stereocenters. The van der Waals surface area contributed by atoms with E-state index >= 15 is 0 Å². The van der Waals surface area contributed by atoms with Crippen LogP contribution in [0.1, 0.15) is 31.4 Å². The van der Waals surface area contributed by atoms with Gasteiger partial charge >= 0.3 is 0 Å². The number of amides is 2. The number of nitrogens with zero attached hydrogens (tertiary/aromatic N) is 2. The highest BCUT2D eigenvalue weighted by Crippen LogP contribution is 2.14. The van der Waals surface area contributed by atoms with Crippen LogP contribution in [-0.2, 0) is 32.7 Å². The van der Waals surface area contributed by atoms with E-state index in [1.807, 2.05) is 13.0 Å². The van der Waals surface area contributed by atoms with E-state index < -0.39 is 34.3 Å². The largest absolute Gasteiger partial charge is 0.354 e. The number of sulfonamides is 1. The Morgan fingerprint density at radius 3 is 2.16 bits per heavy atom. The average molecular weight is 464 g/mol. The summed E-state index contributed by atoms with van der Waals surface area (Å²) in [6, 6.07) is 13.7. The van der Waals surface area contributed by atoms with Crippen LogP contribution >= 0.6 is 0 Å². The van der Waals surface area contributed by atoms with Crippen LogP contribution in [-0.4, -0.2) is 54.8 Å². The topological polar surface area (TPSA) is 86.8 Å². The van der Waals surface area contributed by atoms with Crippen LogP contribution in [0, 0.1) is 5.82 Å². The number of carbonyl (C=O) groups excluding carboxylic acids is 2. The van der Waals surface area contributed by atoms with Crippen molar-refractivity contribution >= 4 is 21.8 Å². The molecule has 7 nitrogen and oxygen atoms in total. The van der Waals surface area contributed by atoms with E-state index in [-0.39, 0.29) is 19.0 Å². The van der Waals surface area contributed by atoms with E-state index in [2.05, 4.69) is 5.32 Å². The first-order chi connectivity index (χ1) is 15.1. The minimum absolute atomic E-state index is 0.0339. The van der Waals surface area contributed by atoms with Gasteiger partial charge in [-0.3, -0.25) is 9.59 Å². The SMILES string of the molecule is CCCNC(=O)C(C)N(Cc1ccc(F)cc1)C(=O)CN(Cc1ccccc1)S(C)(=O)=O. The summed E-state index contributed by atoms with van der Waals surface area (Å²) >= 11 is 0. The number of benzene rings is 2. The van der Waals surface area contributed by atoms with Crippen LogP contribution < -0.4 is 5.32 Å². The van der Waals surface area contributed by atoms with Gasteiger partial charge in [0.1, 0.15) is 11.9 Å². The van der Waals surface area contributed by atoms with Crippen molar-refractivity contribution in [3.05, 3.63) is 71.5 Å². The smallest absolute Gasteiger partial charge is 0.242 e. The first-order valence-electron chi connectivity index (χ1n) is 10.4. The Morgan fingerprint density at radius 1 is 1.00 bits per heavy atom. The molecular formula is C23H30FN3O4S. The van der Waals surface area contributed by atoms with Crippen LogP contribution in [0.25, 0.3) is 0 Å². The Hall–Kier alpha value is -2.78. The van der Waals surface area contributed by atoms with Gasteiger partial charge in [0.2, 0.25) is 21.8 Å². The predicted molar refractivity (Wildman–Crippen MR) is 121 cm³/mol. The van der Waals surface area contributed by atoms with Crippen molar-refractivity contribution in [3.63, 3.8) is 0 Å². The summed E-state index contributed by atoms with van der Waals surface area (Å²) in [6.45, 7) is 3.63. The van der Waals surface area contributed by atoms with Gasteiger partial charge in [0.05, 0.1) is 12.8 Å². The Balaban J connectivity index is 2.27. The quantitative estimate of drug-likeness (QED) is 0.555. The normalized spacial score (nSPS) is 12.4. The molecule has 0 aliphatic rings. The van der Waals surface area contributed by atoms with Gasteiger partial charge in [-0.2, -0.15) is 4.31 Å². The summed E-state index contributed by atoms with van der Waals surface area (Å²) in [6.07, 6.45) is 1.79. The molecule has 9 heteroatoms. The lowest BCUT2D eigenvalue weighted by molar-refractivity contribution is -0.140. The molecule has 1 N–H and O–H groups in total. The highest BCUT2D eigenvalue weighted by molar-refractivity contribution is 7.88. The lowest BCUT2D eigenvalue weighted by Gasteiger charge is -2.31. The molecule has 0 spiro atoms. The molecule has 2 rings (SSSR count). The Morgan fingerprint density at radius 2 is 1.59 bits per heavy atom. The molecule has 2 amide bonds. The van der Waals surface area contributed by atoms with Gasteiger partial charge in [0.15, 0.2) is 0 Å². The van der Waals surface area contributed by atoms with Gasteiger partial charge in [-0.05, 0) is 36.6 Å². The summed E-state index contributed by atoms with van der Waals surface area (Å²) in [4.78, 5) is 27.1. The zero-order chi connectivity index (χ0) is 23.7. The first kappa shape index (κ1) is 25.5. The van der Waals surface area contributed by atoms with Crippen molar-refractivity contribution < 1.29 is 22.4 Å². The molecule has 0 aliphatic heterocycles. The van der Waals surface area contributed by atoms with Crippen LogP contribution in [0.15, 0.2) is 54.6 Å². The van der Waals surface area contributed by atoms with Gasteiger partial charge in [-0.1, -0.05) is 49.4 Å². The molecule has 0 bridgehead atoms. The van der Waals surface area contributed by atoms with E-state index in [4.69, 9.17) is 0 Å². The summed E-state index contributed by atoms with van der Waals surface area (Å²) < 4.78 is 39.1. The number of nitrogens with one attached hydrogen (secondary N) is 1. The minimum Gasteiger partial charge on any atom is -0.354 e. The highest BCUT2D eigenvalue weighted by atomic mass is 32.2. The third kappa shape index (κ3) is 7.72. The van der Waals surface area contributed by atoms with E-state index in [1.165, 1.54) is 29.2 Å². The zero-order valence-corrected chi connectivity index (χ0v) is 19.4. The highest BCUT2D eigenvalue weighted by Gasteiger charge is 2.29. The van der Waals surface area contributed by atoms with Gasteiger partial charge in [0, 0.05) is 19.6 Å². The molecule has 174 valence electrons. The fraction of sp³-hybridized carbons (Fsp3) is 0.391. The molecule has 0 saturated carbocycles. The monoisotopic (exact) mass is 463 g/mol. The van der Waals surface area contributed by atoms with Crippen LogP contribution in [0.5, 0.6) is 0 Å². The van der Waals surface area contributed by atoms with E-state index in [1.54, 1.807) is 31.2 Å². The lowest BCUT2D eigenvalue weighted by atomic mass is 10.1. The molecule has 32 heavy (non-hydrogen) atoms. The van der Waals surface area contributed by atoms with Crippen molar-refractivity contribution in [1.29, 1.82) is 0 Å². The zero-order valence-electron chi connectivity index (χ0n) is 18.6. The molecule has 2 aromatic rings. The third-order valence-corrected chi connectivity index (χ3v) is 6.16. The van der Waals surface area contributed by atoms with Crippen molar-refractivity contribution in [1.82, 2.24) is 14.5 Å². The molecule has 0 saturated heterocycles. The average Bonchev–Trinajstić information content (AvgIpc) is 2.76. The summed E-state index contributed by atoms with van der Waals surface area (Å²) in [5.41, 5.74) is 1.37. The Labute approximate surface area is 189 Å². The Bertz CT molecular complexity index is 998. The first-order valence-corrected chi connectivity index (χ1v) is 12.3. The minimum atomic E-state index is -3.69. The third-order valence-electron chi connectivity index (χ3n) is 4.97. The fourth-order valence-electron chi connectivity index (χ4n) is 3.08. The van der Waals surface area contributed by atoms with Crippen molar-refractivity contribution in [2.45, 2.75) is 39.4 Å². The van der Waals surface area contributed by atoms with Gasteiger partial charge < -0.3 is 10.2 Å². The number of rotatable bonds is 11. The maximum absolute atomic E-state index is 13.3.